The molecule has 0 spiro atoms. The van der Waals surface area contributed by atoms with Gasteiger partial charge in [0.1, 0.15) is 23.3 Å². The first-order valence-corrected chi connectivity index (χ1v) is 8.95. The number of aryl methyl sites for hydroxylation is 1. The number of methoxy groups -OCH3 is 2. The van der Waals surface area contributed by atoms with Crippen molar-refractivity contribution in [2.75, 3.05) is 27.4 Å². The average molecular weight is 385 g/mol. The summed E-state index contributed by atoms with van der Waals surface area (Å²) in [6.07, 6.45) is 2.03. The normalized spacial score (nSPS) is 18.7. The maximum Gasteiger partial charge on any atom is 0.295 e. The number of benzene rings is 1. The molecule has 1 aromatic heterocycles. The van der Waals surface area contributed by atoms with Gasteiger partial charge in [-0.05, 0) is 49.2 Å². The Bertz CT molecular complexity index is 900. The van der Waals surface area contributed by atoms with Crippen LogP contribution in [0.1, 0.15) is 29.3 Å². The summed E-state index contributed by atoms with van der Waals surface area (Å²) in [5.74, 6) is -0.563. The molecule has 1 amide bonds. The van der Waals surface area contributed by atoms with Crippen LogP contribution in [-0.2, 0) is 14.3 Å². The molecule has 1 saturated heterocycles. The van der Waals surface area contributed by atoms with Crippen LogP contribution >= 0.6 is 0 Å². The Kier molecular flexibility index (Phi) is 5.84. The zero-order valence-electron chi connectivity index (χ0n) is 16.1. The van der Waals surface area contributed by atoms with Crippen LogP contribution in [0.15, 0.2) is 46.6 Å². The summed E-state index contributed by atoms with van der Waals surface area (Å²) < 4.78 is 15.7. The van der Waals surface area contributed by atoms with E-state index in [2.05, 4.69) is 0 Å². The van der Waals surface area contributed by atoms with E-state index < -0.39 is 17.7 Å². The van der Waals surface area contributed by atoms with Crippen LogP contribution in [0.2, 0.25) is 0 Å². The van der Waals surface area contributed by atoms with Crippen LogP contribution in [-0.4, -0.2) is 49.1 Å². The summed E-state index contributed by atoms with van der Waals surface area (Å²) in [6.45, 7) is 2.56. The second-order valence-corrected chi connectivity index (χ2v) is 6.54. The second-order valence-electron chi connectivity index (χ2n) is 6.54. The van der Waals surface area contributed by atoms with Gasteiger partial charge in [-0.25, -0.2) is 0 Å². The summed E-state index contributed by atoms with van der Waals surface area (Å²) in [6, 6.07) is 7.70. The third-order valence-corrected chi connectivity index (χ3v) is 4.79. The minimum absolute atomic E-state index is 0.0191. The number of Topliss-reactive ketones (excluding diaryl/α,β-unsaturated/α-hetero) is 1. The van der Waals surface area contributed by atoms with E-state index in [9.17, 15) is 14.7 Å². The van der Waals surface area contributed by atoms with Gasteiger partial charge in [0.25, 0.3) is 11.7 Å². The van der Waals surface area contributed by atoms with E-state index in [-0.39, 0.29) is 11.3 Å². The lowest BCUT2D eigenvalue weighted by atomic mass is 9.97. The monoisotopic (exact) mass is 385 g/mol. The third-order valence-electron chi connectivity index (χ3n) is 4.79. The summed E-state index contributed by atoms with van der Waals surface area (Å²) in [7, 11) is 3.13. The first-order valence-electron chi connectivity index (χ1n) is 8.95. The van der Waals surface area contributed by atoms with E-state index in [4.69, 9.17) is 13.9 Å². The van der Waals surface area contributed by atoms with Crippen LogP contribution < -0.4 is 4.74 Å². The van der Waals surface area contributed by atoms with E-state index in [1.807, 2.05) is 0 Å². The molecule has 2 heterocycles. The first-order chi connectivity index (χ1) is 13.5. The lowest BCUT2D eigenvalue weighted by Gasteiger charge is -2.23. The highest BCUT2D eigenvalue weighted by molar-refractivity contribution is 6.46. The van der Waals surface area contributed by atoms with Gasteiger partial charge in [-0.3, -0.25) is 9.59 Å². The Morgan fingerprint density at radius 3 is 2.64 bits per heavy atom. The second kappa shape index (κ2) is 8.31. The third kappa shape index (κ3) is 3.53. The molecule has 1 aliphatic rings. The molecular weight excluding hydrogens is 362 g/mol. The highest BCUT2D eigenvalue weighted by Crippen LogP contribution is 2.40. The Morgan fingerprint density at radius 1 is 1.25 bits per heavy atom. The van der Waals surface area contributed by atoms with Crippen molar-refractivity contribution in [3.63, 3.8) is 0 Å². The van der Waals surface area contributed by atoms with Crippen molar-refractivity contribution in [1.29, 1.82) is 0 Å². The SMILES string of the molecule is COCCCN1C(=O)C(=O)/C(=C(\O)c2ccc(OC)cc2C)C1c1ccco1. The number of likely N-dealkylation sites (tertiary alicyclic amines) is 1. The topological polar surface area (TPSA) is 89.2 Å². The lowest BCUT2D eigenvalue weighted by Crippen LogP contribution is -2.31. The van der Waals surface area contributed by atoms with E-state index in [0.29, 0.717) is 36.6 Å². The molecule has 1 N–H and O–H groups in total. The summed E-state index contributed by atoms with van der Waals surface area (Å²) in [5, 5.41) is 11.0. The van der Waals surface area contributed by atoms with Crippen LogP contribution in [0, 0.1) is 6.92 Å². The predicted octanol–water partition coefficient (Wildman–Crippen LogP) is 3.05. The highest BCUT2D eigenvalue weighted by Gasteiger charge is 2.47. The number of aliphatic hydroxyl groups excluding tert-OH is 1. The van der Waals surface area contributed by atoms with Crippen LogP contribution in [0.3, 0.4) is 0 Å². The number of hydrogen-bond acceptors (Lipinski definition) is 6. The van der Waals surface area contributed by atoms with Gasteiger partial charge >= 0.3 is 0 Å². The van der Waals surface area contributed by atoms with E-state index in [1.165, 1.54) is 11.2 Å². The molecule has 3 rings (SSSR count). The molecule has 2 aromatic rings. The zero-order chi connectivity index (χ0) is 20.3. The quantitative estimate of drug-likeness (QED) is 0.341. The Balaban J connectivity index is 2.09. The van der Waals surface area contributed by atoms with Crippen LogP contribution in [0.5, 0.6) is 5.75 Å². The molecule has 148 valence electrons. The number of carbonyl (C=O) groups excluding carboxylic acids is 2. The van der Waals surface area contributed by atoms with E-state index in [1.54, 1.807) is 51.5 Å². The highest BCUT2D eigenvalue weighted by atomic mass is 16.5. The van der Waals surface area contributed by atoms with Crippen LogP contribution in [0.4, 0.5) is 0 Å². The van der Waals surface area contributed by atoms with Crippen molar-refractivity contribution < 1.29 is 28.6 Å². The van der Waals surface area contributed by atoms with Crippen molar-refractivity contribution >= 4 is 17.4 Å². The number of furan rings is 1. The van der Waals surface area contributed by atoms with Gasteiger partial charge < -0.3 is 23.9 Å². The molecule has 1 aliphatic heterocycles. The number of amides is 1. The first kappa shape index (κ1) is 19.7. The molecule has 1 atom stereocenters. The van der Waals surface area contributed by atoms with Gasteiger partial charge in [0.05, 0.1) is 18.9 Å². The summed E-state index contributed by atoms with van der Waals surface area (Å²) in [4.78, 5) is 26.9. The number of aliphatic hydroxyl groups is 1. The Labute approximate surface area is 163 Å². The van der Waals surface area contributed by atoms with Gasteiger partial charge in [-0.1, -0.05) is 0 Å². The average Bonchev–Trinajstić information content (AvgIpc) is 3.30. The minimum atomic E-state index is -0.784. The van der Waals surface area contributed by atoms with Gasteiger partial charge in [-0.2, -0.15) is 0 Å². The van der Waals surface area contributed by atoms with Crippen molar-refractivity contribution in [2.45, 2.75) is 19.4 Å². The number of ketones is 1. The molecule has 0 saturated carbocycles. The molecule has 7 heteroatoms. The fourth-order valence-corrected chi connectivity index (χ4v) is 3.41. The number of nitrogens with zero attached hydrogens (tertiary/aromatic N) is 1. The number of carbonyl (C=O) groups is 2. The van der Waals surface area contributed by atoms with Gasteiger partial charge in [-0.15, -0.1) is 0 Å². The largest absolute Gasteiger partial charge is 0.507 e. The molecule has 0 bridgehead atoms. The molecule has 1 fully saturated rings. The maximum absolute atomic E-state index is 12.8. The van der Waals surface area contributed by atoms with Gasteiger partial charge in [0.2, 0.25) is 0 Å². The molecule has 7 nitrogen and oxygen atoms in total. The minimum Gasteiger partial charge on any atom is -0.507 e. The van der Waals surface area contributed by atoms with E-state index >= 15 is 0 Å². The molecule has 28 heavy (non-hydrogen) atoms. The summed E-state index contributed by atoms with van der Waals surface area (Å²) in [5.41, 5.74) is 1.21. The number of rotatable bonds is 7. The Hall–Kier alpha value is -3.06. The van der Waals surface area contributed by atoms with Gasteiger partial charge in [0, 0.05) is 25.8 Å². The number of ether oxygens (including phenoxy) is 2. The fourth-order valence-electron chi connectivity index (χ4n) is 3.41. The zero-order valence-corrected chi connectivity index (χ0v) is 16.1. The molecule has 0 radical (unpaired) electrons. The number of hydrogen-bond donors (Lipinski definition) is 1. The van der Waals surface area contributed by atoms with Crippen molar-refractivity contribution in [3.8, 4) is 5.75 Å². The van der Waals surface area contributed by atoms with Crippen molar-refractivity contribution in [3.05, 3.63) is 59.1 Å². The smallest absolute Gasteiger partial charge is 0.295 e. The summed E-state index contributed by atoms with van der Waals surface area (Å²) >= 11 is 0. The Morgan fingerprint density at radius 2 is 2.04 bits per heavy atom. The fraction of sp³-hybridized carbons (Fsp3) is 0.333. The standard InChI is InChI=1S/C21H23NO6/c1-13-12-14(27-3)7-8-15(13)19(23)17-18(16-6-4-11-28-16)22(9-5-10-26-2)21(25)20(17)24/h4,6-8,11-12,18,23H,5,9-10H2,1-3H3/b19-17-. The van der Waals surface area contributed by atoms with E-state index in [0.717, 1.165) is 5.56 Å². The molecule has 1 unspecified atom stereocenters. The molecule has 1 aromatic carbocycles. The molecular formula is C21H23NO6. The van der Waals surface area contributed by atoms with Crippen LogP contribution in [0.25, 0.3) is 5.76 Å². The maximum atomic E-state index is 12.8. The lowest BCUT2D eigenvalue weighted by molar-refractivity contribution is -0.140. The van der Waals surface area contributed by atoms with Crippen molar-refractivity contribution in [1.82, 2.24) is 4.90 Å². The van der Waals surface area contributed by atoms with Gasteiger partial charge in [0.15, 0.2) is 0 Å². The van der Waals surface area contributed by atoms with Crippen molar-refractivity contribution in [2.24, 2.45) is 0 Å². The molecule has 0 aliphatic carbocycles. The predicted molar refractivity (Wildman–Crippen MR) is 102 cm³/mol.